The molecule has 0 spiro atoms. The predicted molar refractivity (Wildman–Crippen MR) is 431 cm³/mol. The maximum absolute atomic E-state index is 16.5. The van der Waals surface area contributed by atoms with Gasteiger partial charge in [0.2, 0.25) is 6.29 Å². The van der Waals surface area contributed by atoms with E-state index in [1.807, 2.05) is 0 Å². The van der Waals surface area contributed by atoms with Crippen molar-refractivity contribution in [1.82, 2.24) is 0 Å². The van der Waals surface area contributed by atoms with Crippen LogP contribution >= 0.6 is 0 Å². The molecule has 0 aromatic carbocycles. The van der Waals surface area contributed by atoms with Crippen LogP contribution in [0.15, 0.2) is 60.3 Å². The summed E-state index contributed by atoms with van der Waals surface area (Å²) in [5, 5.41) is 199. The lowest BCUT2D eigenvalue weighted by atomic mass is 9.33. The van der Waals surface area contributed by atoms with Gasteiger partial charge in [-0.1, -0.05) is 84.4 Å². The van der Waals surface area contributed by atoms with Crippen LogP contribution in [0, 0.1) is 50.2 Å². The maximum Gasteiger partial charge on any atom is 0.333 e. The molecule has 0 aromatic heterocycles. The molecule has 0 radical (unpaired) electrons. The van der Waals surface area contributed by atoms with Crippen molar-refractivity contribution in [3.63, 3.8) is 0 Å². The number of aliphatic hydroxyl groups is 18. The molecule has 12 aliphatic rings. The highest BCUT2D eigenvalue weighted by Gasteiger charge is 2.71. The van der Waals surface area contributed by atoms with E-state index in [9.17, 15) is 102 Å². The van der Waals surface area contributed by atoms with Crippen LogP contribution in [0.2, 0.25) is 0 Å². The van der Waals surface area contributed by atoms with Gasteiger partial charge in [-0.05, 0) is 169 Å². The second-order valence-electron chi connectivity index (χ2n) is 39.7. The largest absolute Gasteiger partial charge is 0.459 e. The van der Waals surface area contributed by atoms with Gasteiger partial charge >= 0.3 is 17.9 Å². The molecule has 5 aliphatic carbocycles. The number of carbonyl (C=O) groups is 3. The standard InChI is InChI=1S/C88H138O37/c1-15-83(10,108)25-17-19-40(3)71(105)110-38-50-58(97)68(120-72(106)41(4)20-18-26-84(11,109)16-2)70(124-76-64(103)60(99)66(42(5)116-76)121-75-65(104)67(48(92)37-113-75)122-73-61(100)54(93)45(89)34-111-73)79(118-50)125-80(107)88-31-29-81(6,7)33-44(88)43-21-22-52-85(12)27-24-53(82(8,9)51(85)23-28-87(52,14)86(43,13)30-32-88)119-77-63(102)59(98)57(96)49(117-77)39-115-78-69(56(95)47(91)36-114-78)123-74-62(101)55(94)46(90)35-112-74/h15-16,19-21,42,44-70,73-79,89-104,108-109H,1-2,17-18,22-39H2,3-14H3/b40-19+,41-20+/t42-,44-,45+,46+,47+,48+,49+,50+,51-,52+,53-,54-,55-,56-,57+,58+,59-,60-,61+,62+,63+,64+,65+,66-,67-,68-,69+,70+,73-,74-,75-,76-,77-,78+,79-,83+,84+,85-,86+,87+,88-/m0/s1. The Balaban J connectivity index is 0.807. The average molecular weight is 1790 g/mol. The monoisotopic (exact) mass is 1790 g/mol. The Bertz CT molecular complexity index is 3800. The van der Waals surface area contributed by atoms with E-state index in [2.05, 4.69) is 67.7 Å². The topological polar surface area (TPSA) is 563 Å². The van der Waals surface area contributed by atoms with Gasteiger partial charge in [0.05, 0.1) is 61.9 Å². The molecular formula is C88H138O37. The van der Waals surface area contributed by atoms with Crippen LogP contribution < -0.4 is 0 Å². The number of esters is 3. The maximum atomic E-state index is 16.5. The molecule has 4 saturated carbocycles. The fourth-order valence-electron chi connectivity index (χ4n) is 21.8. The minimum Gasteiger partial charge on any atom is -0.459 e. The minimum absolute atomic E-state index is 0.00231. The summed E-state index contributed by atoms with van der Waals surface area (Å²) in [6, 6.07) is 0. The quantitative estimate of drug-likeness (QED) is 0.0154. The summed E-state index contributed by atoms with van der Waals surface area (Å²) in [4.78, 5) is 45.2. The van der Waals surface area contributed by atoms with E-state index in [-0.39, 0.29) is 59.5 Å². The molecule has 11 fully saturated rings. The number of hydrogen-bond acceptors (Lipinski definition) is 37. The van der Waals surface area contributed by atoms with Gasteiger partial charge in [-0.25, -0.2) is 9.59 Å². The number of aliphatic hydroxyl groups excluding tert-OH is 16. The molecule has 7 saturated heterocycles. The zero-order chi connectivity index (χ0) is 91.7. The highest BCUT2D eigenvalue weighted by atomic mass is 16.8. The molecule has 18 N–H and O–H groups in total. The molecule has 712 valence electrons. The summed E-state index contributed by atoms with van der Waals surface area (Å²) < 4.78 is 97.5. The van der Waals surface area contributed by atoms with Crippen molar-refractivity contribution >= 4 is 17.9 Å². The van der Waals surface area contributed by atoms with E-state index in [0.29, 0.717) is 51.4 Å². The zero-order valence-corrected chi connectivity index (χ0v) is 73.5. The smallest absolute Gasteiger partial charge is 0.333 e. The Morgan fingerprint density at radius 1 is 0.480 bits per heavy atom. The number of allylic oxidation sites excluding steroid dienone is 4. The molecule has 7 heterocycles. The molecule has 0 bridgehead atoms. The third-order valence-electron chi connectivity index (χ3n) is 30.3. The van der Waals surface area contributed by atoms with Crippen LogP contribution in [-0.2, 0) is 90.2 Å². The summed E-state index contributed by atoms with van der Waals surface area (Å²) in [5.41, 5.74) is -4.94. The van der Waals surface area contributed by atoms with Crippen LogP contribution in [0.25, 0.3) is 0 Å². The van der Waals surface area contributed by atoms with Crippen molar-refractivity contribution in [3.8, 4) is 0 Å². The van der Waals surface area contributed by atoms with E-state index in [1.54, 1.807) is 13.0 Å². The molecular weight excluding hydrogens is 1650 g/mol. The molecule has 37 nitrogen and oxygen atoms in total. The van der Waals surface area contributed by atoms with Crippen molar-refractivity contribution in [2.45, 2.75) is 381 Å². The Hall–Kier alpha value is -4.13. The Kier molecular flexibility index (Phi) is 31.3. The second kappa shape index (κ2) is 39.2. The SMILES string of the molecule is C=C[C@@](C)(O)CC/C=C(\C)C(=O)OC[C@H]1O[C@@H](OC(=O)[C@]23CCC(C)(C)C[C@H]2C2=CC[C@@H]4[C@@]5(C)CC[C@H](O[C@@H]6O[C@H](CO[C@H]7OC[C@@H](O)[C@H](O)[C@H]7O[C@@H]7OC[C@@H](O)[C@H](O)[C@H]7O)[C@@H](O)[C@H](O)[C@H]6O)C(C)(C)[C@@H]5CC[C@@]4(C)[C@]2(C)CC3)[C@H](O[C@@H]2O[C@@H](C)[C@H](O[C@@H]3OC[C@@H](O)[C@H](O[C@@H]4OC[C@@H](O)[C@H](O)[C@H]4O)[C@H]3O)[C@@H](O)[C@H]2O)[C@@H](OC(=O)/C(C)=C/CC[C@](C)(O)C=C)[C@@H]1O. The Morgan fingerprint density at radius 2 is 0.984 bits per heavy atom. The van der Waals surface area contributed by atoms with Crippen LogP contribution in [0.4, 0.5) is 0 Å². The Morgan fingerprint density at radius 3 is 1.59 bits per heavy atom. The van der Waals surface area contributed by atoms with Crippen LogP contribution in [0.1, 0.15) is 173 Å². The van der Waals surface area contributed by atoms with Gasteiger partial charge in [0.1, 0.15) is 135 Å². The fourth-order valence-corrected chi connectivity index (χ4v) is 21.8. The fraction of sp³-hybridized carbons (Fsp3) is 0.852. The average Bonchev–Trinajstić information content (AvgIpc) is 0.673. The predicted octanol–water partition coefficient (Wildman–Crippen LogP) is -0.550. The highest BCUT2D eigenvalue weighted by Crippen LogP contribution is 2.76. The molecule has 41 atom stereocenters. The molecule has 37 heteroatoms. The van der Waals surface area contributed by atoms with Gasteiger partial charge in [0, 0.05) is 11.1 Å². The summed E-state index contributed by atoms with van der Waals surface area (Å²) in [7, 11) is 0. The van der Waals surface area contributed by atoms with Gasteiger partial charge in [-0.3, -0.25) is 4.79 Å². The lowest BCUT2D eigenvalue weighted by Gasteiger charge is -2.71. The van der Waals surface area contributed by atoms with Gasteiger partial charge in [0.15, 0.2) is 49.9 Å². The second-order valence-corrected chi connectivity index (χ2v) is 39.7. The van der Waals surface area contributed by atoms with Crippen molar-refractivity contribution in [3.05, 3.63) is 60.3 Å². The Labute approximate surface area is 728 Å². The molecule has 0 unspecified atom stereocenters. The van der Waals surface area contributed by atoms with E-state index in [4.69, 9.17) is 75.8 Å². The van der Waals surface area contributed by atoms with E-state index < -0.39 is 293 Å². The lowest BCUT2D eigenvalue weighted by Crippen LogP contribution is -2.67. The lowest BCUT2D eigenvalue weighted by molar-refractivity contribution is -0.379. The molecule has 125 heavy (non-hydrogen) atoms. The number of carbonyl (C=O) groups excluding carboxylic acids is 3. The third-order valence-corrected chi connectivity index (χ3v) is 30.3. The van der Waals surface area contributed by atoms with Crippen molar-refractivity contribution in [1.29, 1.82) is 0 Å². The van der Waals surface area contributed by atoms with E-state index in [1.165, 1.54) is 45.9 Å². The van der Waals surface area contributed by atoms with Crippen LogP contribution in [0.5, 0.6) is 0 Å². The number of hydrogen-bond donors (Lipinski definition) is 18. The summed E-state index contributed by atoms with van der Waals surface area (Å²) in [6.45, 7) is 27.2. The van der Waals surface area contributed by atoms with Gasteiger partial charge in [-0.15, -0.1) is 13.2 Å². The highest BCUT2D eigenvalue weighted by molar-refractivity contribution is 5.88. The number of ether oxygens (including phenoxy) is 16. The van der Waals surface area contributed by atoms with Gasteiger partial charge in [0.25, 0.3) is 0 Å². The summed E-state index contributed by atoms with van der Waals surface area (Å²) >= 11 is 0. The van der Waals surface area contributed by atoms with Gasteiger partial charge < -0.3 is 168 Å². The van der Waals surface area contributed by atoms with Crippen molar-refractivity contribution in [2.75, 3.05) is 39.6 Å². The zero-order valence-electron chi connectivity index (χ0n) is 73.5. The minimum atomic E-state index is -2.15. The van der Waals surface area contributed by atoms with Crippen molar-refractivity contribution in [2.24, 2.45) is 50.2 Å². The summed E-state index contributed by atoms with van der Waals surface area (Å²) in [6.07, 6.45) is -39.6. The first-order chi connectivity index (χ1) is 58.5. The molecule has 12 rings (SSSR count). The molecule has 0 amide bonds. The first kappa shape index (κ1) is 99.9. The third kappa shape index (κ3) is 20.2. The van der Waals surface area contributed by atoms with Crippen molar-refractivity contribution < 1.29 is 182 Å². The van der Waals surface area contributed by atoms with Gasteiger partial charge in [-0.2, -0.15) is 0 Å². The normalized spacial score (nSPS) is 47.4. The molecule has 7 aliphatic heterocycles. The summed E-state index contributed by atoms with van der Waals surface area (Å²) in [5.74, 6) is -3.05. The number of fused-ring (bicyclic) bond motifs is 7. The van der Waals surface area contributed by atoms with Crippen LogP contribution in [-0.4, -0.2) is 357 Å². The first-order valence-corrected chi connectivity index (χ1v) is 44.1. The number of rotatable bonds is 28. The molecule has 0 aromatic rings. The van der Waals surface area contributed by atoms with Crippen LogP contribution in [0.3, 0.4) is 0 Å². The van der Waals surface area contributed by atoms with E-state index >= 15 is 4.79 Å². The van der Waals surface area contributed by atoms with E-state index in [0.717, 1.165) is 18.4 Å². The first-order valence-electron chi connectivity index (χ1n) is 44.1.